The van der Waals surface area contributed by atoms with E-state index in [0.717, 1.165) is 5.75 Å². The molecule has 4 heteroatoms. The van der Waals surface area contributed by atoms with Crippen molar-refractivity contribution in [1.29, 1.82) is 0 Å². The molecule has 0 amide bonds. The average molecular weight is 162 g/mol. The quantitative estimate of drug-likeness (QED) is 0.577. The second-order valence-corrected chi connectivity index (χ2v) is 3.53. The van der Waals surface area contributed by atoms with Crippen molar-refractivity contribution < 1.29 is 15.0 Å². The smallest absolute Gasteiger partial charge is 0.309 e. The summed E-state index contributed by atoms with van der Waals surface area (Å²) in [4.78, 5) is 10.4. The molecular weight excluding hydrogens is 152 g/mol. The van der Waals surface area contributed by atoms with Gasteiger partial charge in [-0.1, -0.05) is 0 Å². The van der Waals surface area contributed by atoms with Crippen LogP contribution in [0.15, 0.2) is 0 Å². The van der Waals surface area contributed by atoms with Crippen LogP contribution in [0.4, 0.5) is 0 Å². The Labute approximate surface area is 63.4 Å². The van der Waals surface area contributed by atoms with Gasteiger partial charge in [0.2, 0.25) is 0 Å². The Bertz CT molecular complexity index is 137. The molecule has 0 spiro atoms. The summed E-state index contributed by atoms with van der Waals surface area (Å²) in [6.07, 6.45) is -0.0440. The molecule has 1 rings (SSSR count). The fraction of sp³-hybridized carbons (Fsp3) is 0.833. The zero-order chi connectivity index (χ0) is 7.56. The summed E-state index contributed by atoms with van der Waals surface area (Å²) in [7, 11) is 0. The van der Waals surface area contributed by atoms with Gasteiger partial charge in [-0.2, -0.15) is 11.8 Å². The molecule has 2 N–H and O–H groups in total. The van der Waals surface area contributed by atoms with Crippen LogP contribution in [-0.2, 0) is 4.79 Å². The highest BCUT2D eigenvalue weighted by Gasteiger charge is 2.29. The molecule has 0 aromatic rings. The number of aliphatic carboxylic acids is 1. The van der Waals surface area contributed by atoms with Gasteiger partial charge in [0.15, 0.2) is 0 Å². The monoisotopic (exact) mass is 162 g/mol. The Morgan fingerprint density at radius 3 is 2.70 bits per heavy atom. The van der Waals surface area contributed by atoms with Crippen LogP contribution in [0.2, 0.25) is 0 Å². The number of aliphatic hydroxyl groups excluding tert-OH is 1. The molecule has 0 bridgehead atoms. The van der Waals surface area contributed by atoms with E-state index in [-0.39, 0.29) is 0 Å². The van der Waals surface area contributed by atoms with Crippen LogP contribution in [0.3, 0.4) is 0 Å². The molecule has 0 aromatic heterocycles. The Hall–Kier alpha value is -0.220. The zero-order valence-electron chi connectivity index (χ0n) is 5.49. The Kier molecular flexibility index (Phi) is 2.56. The van der Waals surface area contributed by atoms with Crippen LogP contribution in [-0.4, -0.2) is 33.8 Å². The van der Waals surface area contributed by atoms with Crippen molar-refractivity contribution in [3.63, 3.8) is 0 Å². The van der Waals surface area contributed by atoms with Gasteiger partial charge >= 0.3 is 5.97 Å². The first kappa shape index (κ1) is 7.88. The highest BCUT2D eigenvalue weighted by molar-refractivity contribution is 7.99. The van der Waals surface area contributed by atoms with Crippen molar-refractivity contribution >= 4 is 17.7 Å². The highest BCUT2D eigenvalue weighted by atomic mass is 32.2. The van der Waals surface area contributed by atoms with Crippen molar-refractivity contribution in [2.24, 2.45) is 5.92 Å². The standard InChI is InChI=1S/C6H10O3S/c7-5-3-10-2-1-4(5)6(8)9/h4-5,7H,1-3H2,(H,8,9)/t4-,5-/m0/s1. The van der Waals surface area contributed by atoms with Crippen LogP contribution in [0.5, 0.6) is 0 Å². The van der Waals surface area contributed by atoms with Gasteiger partial charge in [-0.25, -0.2) is 0 Å². The molecule has 10 heavy (non-hydrogen) atoms. The van der Waals surface area contributed by atoms with E-state index in [1.807, 2.05) is 0 Å². The minimum Gasteiger partial charge on any atom is -0.481 e. The third kappa shape index (κ3) is 1.64. The molecule has 0 saturated carbocycles. The van der Waals surface area contributed by atoms with Gasteiger partial charge in [0, 0.05) is 5.75 Å². The topological polar surface area (TPSA) is 57.5 Å². The highest BCUT2D eigenvalue weighted by Crippen LogP contribution is 2.23. The molecule has 0 unspecified atom stereocenters. The van der Waals surface area contributed by atoms with Crippen LogP contribution >= 0.6 is 11.8 Å². The van der Waals surface area contributed by atoms with Gasteiger partial charge in [0.25, 0.3) is 0 Å². The van der Waals surface area contributed by atoms with Crippen molar-refractivity contribution in [3.8, 4) is 0 Å². The maximum atomic E-state index is 10.4. The first-order chi connectivity index (χ1) is 4.72. The van der Waals surface area contributed by atoms with Crippen LogP contribution in [0.25, 0.3) is 0 Å². The molecule has 3 nitrogen and oxygen atoms in total. The van der Waals surface area contributed by atoms with Gasteiger partial charge in [-0.05, 0) is 12.2 Å². The lowest BCUT2D eigenvalue weighted by molar-refractivity contribution is -0.145. The summed E-state index contributed by atoms with van der Waals surface area (Å²) >= 11 is 1.61. The van der Waals surface area contributed by atoms with E-state index in [4.69, 9.17) is 10.2 Å². The van der Waals surface area contributed by atoms with Crippen molar-refractivity contribution in [3.05, 3.63) is 0 Å². The van der Waals surface area contributed by atoms with E-state index in [2.05, 4.69) is 0 Å². The summed E-state index contributed by atoms with van der Waals surface area (Å²) in [6.45, 7) is 0. The number of hydrogen-bond donors (Lipinski definition) is 2. The average Bonchev–Trinajstić information content (AvgIpc) is 1.88. The molecule has 0 aromatic carbocycles. The summed E-state index contributed by atoms with van der Waals surface area (Å²) in [5.74, 6) is 0.0272. The number of thioether (sulfide) groups is 1. The molecule has 2 atom stereocenters. The maximum absolute atomic E-state index is 10.4. The third-order valence-electron chi connectivity index (χ3n) is 1.64. The fourth-order valence-electron chi connectivity index (χ4n) is 1.01. The van der Waals surface area contributed by atoms with Crippen LogP contribution in [0, 0.1) is 5.92 Å². The summed E-state index contributed by atoms with van der Waals surface area (Å²) in [5, 5.41) is 17.7. The van der Waals surface area contributed by atoms with Crippen LogP contribution < -0.4 is 0 Å². The minimum atomic E-state index is -0.868. The second kappa shape index (κ2) is 3.25. The van der Waals surface area contributed by atoms with E-state index in [1.54, 1.807) is 11.8 Å². The molecule has 0 radical (unpaired) electrons. The number of hydrogen-bond acceptors (Lipinski definition) is 3. The molecule has 1 heterocycles. The predicted octanol–water partition coefficient (Wildman–Crippen LogP) is 0.185. The number of carboxylic acids is 1. The van der Waals surface area contributed by atoms with E-state index in [1.165, 1.54) is 0 Å². The Morgan fingerprint density at radius 2 is 2.30 bits per heavy atom. The van der Waals surface area contributed by atoms with Crippen LogP contribution in [0.1, 0.15) is 6.42 Å². The van der Waals surface area contributed by atoms with E-state index in [9.17, 15) is 4.79 Å². The normalized spacial score (nSPS) is 33.7. The number of rotatable bonds is 1. The SMILES string of the molecule is O=C(O)[C@H]1CCSC[C@@H]1O. The molecule has 58 valence electrons. The fourth-order valence-corrected chi connectivity index (χ4v) is 2.07. The largest absolute Gasteiger partial charge is 0.481 e. The lowest BCUT2D eigenvalue weighted by Crippen LogP contribution is -2.33. The lowest BCUT2D eigenvalue weighted by Gasteiger charge is -2.23. The third-order valence-corrected chi connectivity index (χ3v) is 2.75. The van der Waals surface area contributed by atoms with Crippen molar-refractivity contribution in [2.75, 3.05) is 11.5 Å². The molecule has 1 aliphatic rings. The van der Waals surface area contributed by atoms with Gasteiger partial charge in [-0.3, -0.25) is 4.79 Å². The zero-order valence-corrected chi connectivity index (χ0v) is 6.30. The van der Waals surface area contributed by atoms with Gasteiger partial charge in [-0.15, -0.1) is 0 Å². The van der Waals surface area contributed by atoms with Gasteiger partial charge in [0.1, 0.15) is 0 Å². The molecule has 0 aliphatic carbocycles. The van der Waals surface area contributed by atoms with Crippen molar-refractivity contribution in [2.45, 2.75) is 12.5 Å². The Balaban J connectivity index is 2.47. The van der Waals surface area contributed by atoms with Crippen molar-refractivity contribution in [1.82, 2.24) is 0 Å². The number of aliphatic hydroxyl groups is 1. The minimum absolute atomic E-state index is 0.527. The van der Waals surface area contributed by atoms with E-state index >= 15 is 0 Å². The predicted molar refractivity (Wildman–Crippen MR) is 39.1 cm³/mol. The number of carboxylic acid groups (broad SMARTS) is 1. The first-order valence-corrected chi connectivity index (χ1v) is 4.36. The summed E-state index contributed by atoms with van der Waals surface area (Å²) in [6, 6.07) is 0. The van der Waals surface area contributed by atoms with E-state index < -0.39 is 18.0 Å². The van der Waals surface area contributed by atoms with Gasteiger partial charge < -0.3 is 10.2 Å². The van der Waals surface area contributed by atoms with E-state index in [0.29, 0.717) is 12.2 Å². The number of carbonyl (C=O) groups is 1. The summed E-state index contributed by atoms with van der Waals surface area (Å²) in [5.41, 5.74) is 0. The maximum Gasteiger partial charge on any atom is 0.309 e. The molecule has 1 aliphatic heterocycles. The van der Waals surface area contributed by atoms with Gasteiger partial charge in [0.05, 0.1) is 12.0 Å². The lowest BCUT2D eigenvalue weighted by atomic mass is 10.0. The summed E-state index contributed by atoms with van der Waals surface area (Å²) < 4.78 is 0. The molecule has 1 fully saturated rings. The Morgan fingerprint density at radius 1 is 1.60 bits per heavy atom. The molecule has 1 saturated heterocycles. The second-order valence-electron chi connectivity index (χ2n) is 2.38. The first-order valence-electron chi connectivity index (χ1n) is 3.20. The molecular formula is C6H10O3S.